The molecule has 0 bridgehead atoms. The van der Waals surface area contributed by atoms with Crippen LogP contribution >= 0.6 is 0 Å². The molecule has 0 spiro atoms. The van der Waals surface area contributed by atoms with Crippen LogP contribution in [-0.4, -0.2) is 26.1 Å². The van der Waals surface area contributed by atoms with Gasteiger partial charge in [0.25, 0.3) is 0 Å². The molecule has 0 saturated heterocycles. The van der Waals surface area contributed by atoms with Crippen molar-refractivity contribution in [3.05, 3.63) is 66.1 Å². The fourth-order valence-corrected chi connectivity index (χ4v) is 2.95. The van der Waals surface area contributed by atoms with Gasteiger partial charge in [0.15, 0.2) is 0 Å². The third kappa shape index (κ3) is 3.59. The first-order valence-corrected chi connectivity index (χ1v) is 8.24. The number of phenols is 1. The number of aromatic nitrogens is 3. The van der Waals surface area contributed by atoms with Gasteiger partial charge in [-0.15, -0.1) is 0 Å². The van der Waals surface area contributed by atoms with Crippen LogP contribution in [0, 0.1) is 0 Å². The Labute approximate surface area is 145 Å². The maximum absolute atomic E-state index is 9.58. The van der Waals surface area contributed by atoms with E-state index in [1.807, 2.05) is 24.4 Å². The quantitative estimate of drug-likeness (QED) is 0.664. The molecule has 0 radical (unpaired) electrons. The van der Waals surface area contributed by atoms with Crippen molar-refractivity contribution in [1.82, 2.24) is 20.3 Å². The van der Waals surface area contributed by atoms with E-state index in [4.69, 9.17) is 5.73 Å². The van der Waals surface area contributed by atoms with E-state index in [2.05, 4.69) is 26.3 Å². The third-order valence-electron chi connectivity index (χ3n) is 4.44. The van der Waals surface area contributed by atoms with E-state index in [1.165, 1.54) is 5.56 Å². The Morgan fingerprint density at radius 3 is 2.64 bits per heavy atom. The van der Waals surface area contributed by atoms with Gasteiger partial charge in [0, 0.05) is 48.2 Å². The van der Waals surface area contributed by atoms with Crippen LogP contribution in [0.1, 0.15) is 23.5 Å². The van der Waals surface area contributed by atoms with Gasteiger partial charge in [-0.2, -0.15) is 0 Å². The Hall–Kier alpha value is -2.99. The average Bonchev–Trinajstić information content (AvgIpc) is 3.41. The molecule has 1 aliphatic rings. The van der Waals surface area contributed by atoms with Crippen molar-refractivity contribution in [2.75, 3.05) is 5.73 Å². The summed E-state index contributed by atoms with van der Waals surface area (Å²) in [6.07, 6.45) is 6.53. The Morgan fingerprint density at radius 2 is 1.92 bits per heavy atom. The van der Waals surface area contributed by atoms with Gasteiger partial charge in [0.1, 0.15) is 5.75 Å². The summed E-state index contributed by atoms with van der Waals surface area (Å²) in [7, 11) is 0. The highest BCUT2D eigenvalue weighted by molar-refractivity contribution is 5.61. The van der Waals surface area contributed by atoms with Gasteiger partial charge in [-0.25, -0.2) is 9.97 Å². The maximum atomic E-state index is 9.58. The van der Waals surface area contributed by atoms with Crippen LogP contribution in [0.25, 0.3) is 11.3 Å². The highest BCUT2D eigenvalue weighted by Crippen LogP contribution is 2.41. The van der Waals surface area contributed by atoms with Crippen LogP contribution in [0.2, 0.25) is 0 Å². The number of nitrogens with two attached hydrogens (primary N) is 1. The molecule has 2 aromatic heterocycles. The topological polar surface area (TPSA) is 97.0 Å². The van der Waals surface area contributed by atoms with E-state index >= 15 is 0 Å². The fraction of sp³-hybridized carbons (Fsp3) is 0.211. The van der Waals surface area contributed by atoms with Gasteiger partial charge < -0.3 is 16.2 Å². The highest BCUT2D eigenvalue weighted by Gasteiger charge is 2.38. The van der Waals surface area contributed by atoms with Crippen LogP contribution in [0.4, 0.5) is 5.95 Å². The van der Waals surface area contributed by atoms with E-state index in [9.17, 15) is 5.11 Å². The molecule has 1 saturated carbocycles. The minimum absolute atomic E-state index is 0.251. The molecule has 2 heterocycles. The Balaban J connectivity index is 1.36. The van der Waals surface area contributed by atoms with Gasteiger partial charge in [-0.3, -0.25) is 4.98 Å². The SMILES string of the molecule is Nc1ncc(CNC2CC2c2ccc(-c3cccc(O)c3)nc2)cn1. The molecule has 6 heteroatoms. The Bertz CT molecular complexity index is 864. The molecule has 1 aliphatic carbocycles. The van der Waals surface area contributed by atoms with E-state index in [0.717, 1.165) is 29.8 Å². The van der Waals surface area contributed by atoms with Gasteiger partial charge in [0.05, 0.1) is 5.69 Å². The summed E-state index contributed by atoms with van der Waals surface area (Å²) < 4.78 is 0. The minimum atomic E-state index is 0.251. The van der Waals surface area contributed by atoms with Crippen molar-refractivity contribution in [1.29, 1.82) is 0 Å². The molecular weight excluding hydrogens is 314 g/mol. The van der Waals surface area contributed by atoms with Gasteiger partial charge >= 0.3 is 0 Å². The number of pyridine rings is 1. The molecule has 1 aromatic carbocycles. The highest BCUT2D eigenvalue weighted by atomic mass is 16.3. The zero-order chi connectivity index (χ0) is 17.2. The number of nitrogens with zero attached hydrogens (tertiary/aromatic N) is 3. The number of rotatable bonds is 5. The molecule has 0 aliphatic heterocycles. The summed E-state index contributed by atoms with van der Waals surface area (Å²) in [6, 6.07) is 11.7. The zero-order valence-electron chi connectivity index (χ0n) is 13.6. The first-order chi connectivity index (χ1) is 12.2. The van der Waals surface area contributed by atoms with Crippen molar-refractivity contribution >= 4 is 5.95 Å². The molecule has 2 unspecified atom stereocenters. The first kappa shape index (κ1) is 15.5. The van der Waals surface area contributed by atoms with Crippen LogP contribution in [-0.2, 0) is 6.54 Å². The summed E-state index contributed by atoms with van der Waals surface area (Å²) in [5.74, 6) is 1.04. The summed E-state index contributed by atoms with van der Waals surface area (Å²) in [5, 5.41) is 13.1. The number of hydrogen-bond acceptors (Lipinski definition) is 6. The van der Waals surface area contributed by atoms with E-state index in [1.54, 1.807) is 24.5 Å². The molecule has 1 fully saturated rings. The first-order valence-electron chi connectivity index (χ1n) is 8.24. The number of benzene rings is 1. The Kier molecular flexibility index (Phi) is 4.03. The number of aromatic hydroxyl groups is 1. The fourth-order valence-electron chi connectivity index (χ4n) is 2.95. The number of nitrogens with one attached hydrogen (secondary N) is 1. The second kappa shape index (κ2) is 6.49. The number of hydrogen-bond donors (Lipinski definition) is 3. The predicted molar refractivity (Wildman–Crippen MR) is 95.8 cm³/mol. The van der Waals surface area contributed by atoms with Crippen molar-refractivity contribution in [3.8, 4) is 17.0 Å². The van der Waals surface area contributed by atoms with Crippen molar-refractivity contribution < 1.29 is 5.11 Å². The molecule has 4 rings (SSSR count). The lowest BCUT2D eigenvalue weighted by Crippen LogP contribution is -2.17. The third-order valence-corrected chi connectivity index (χ3v) is 4.44. The second-order valence-corrected chi connectivity index (χ2v) is 6.31. The molecule has 2 atom stereocenters. The maximum Gasteiger partial charge on any atom is 0.219 e. The van der Waals surface area contributed by atoms with E-state index < -0.39 is 0 Å². The summed E-state index contributed by atoms with van der Waals surface area (Å²) >= 11 is 0. The minimum Gasteiger partial charge on any atom is -0.508 e. The molecule has 25 heavy (non-hydrogen) atoms. The molecule has 0 amide bonds. The molecule has 6 nitrogen and oxygen atoms in total. The monoisotopic (exact) mass is 333 g/mol. The predicted octanol–water partition coefficient (Wildman–Crippen LogP) is 2.47. The van der Waals surface area contributed by atoms with Crippen LogP contribution in [0.5, 0.6) is 5.75 Å². The lowest BCUT2D eigenvalue weighted by Gasteiger charge is -2.06. The molecular formula is C19H19N5O. The van der Waals surface area contributed by atoms with Crippen LogP contribution in [0.15, 0.2) is 55.0 Å². The molecule has 126 valence electrons. The lowest BCUT2D eigenvalue weighted by molar-refractivity contribution is 0.475. The standard InChI is InChI=1S/C19H19N5O/c20-19-23-9-12(10-24-19)8-21-18-7-16(18)14-4-5-17(22-11-14)13-2-1-3-15(25)6-13/h1-6,9-11,16,18,21,25H,7-8H2,(H2,20,23,24). The number of anilines is 1. The van der Waals surface area contributed by atoms with Crippen molar-refractivity contribution in [2.24, 2.45) is 0 Å². The number of phenolic OH excluding ortho intramolecular Hbond substituents is 1. The molecule has 3 aromatic rings. The Morgan fingerprint density at radius 1 is 1.08 bits per heavy atom. The van der Waals surface area contributed by atoms with Gasteiger partial charge in [-0.05, 0) is 30.2 Å². The van der Waals surface area contributed by atoms with Gasteiger partial charge in [0.2, 0.25) is 5.95 Å². The lowest BCUT2D eigenvalue weighted by atomic mass is 10.1. The largest absolute Gasteiger partial charge is 0.508 e. The number of nitrogen functional groups attached to an aromatic ring is 1. The summed E-state index contributed by atoms with van der Waals surface area (Å²) in [5.41, 5.74) is 9.53. The average molecular weight is 333 g/mol. The van der Waals surface area contributed by atoms with E-state index in [0.29, 0.717) is 17.9 Å². The summed E-state index contributed by atoms with van der Waals surface area (Å²) in [4.78, 5) is 12.5. The smallest absolute Gasteiger partial charge is 0.219 e. The normalized spacial score (nSPS) is 18.9. The van der Waals surface area contributed by atoms with Crippen molar-refractivity contribution in [3.63, 3.8) is 0 Å². The summed E-state index contributed by atoms with van der Waals surface area (Å²) in [6.45, 7) is 0.732. The van der Waals surface area contributed by atoms with Crippen LogP contribution < -0.4 is 11.1 Å². The van der Waals surface area contributed by atoms with Crippen molar-refractivity contribution in [2.45, 2.75) is 24.9 Å². The molecule has 4 N–H and O–H groups in total. The zero-order valence-corrected chi connectivity index (χ0v) is 13.6. The van der Waals surface area contributed by atoms with E-state index in [-0.39, 0.29) is 5.75 Å². The second-order valence-electron chi connectivity index (χ2n) is 6.31. The van der Waals surface area contributed by atoms with Gasteiger partial charge in [-0.1, -0.05) is 18.2 Å². The van der Waals surface area contributed by atoms with Crippen LogP contribution in [0.3, 0.4) is 0 Å².